The van der Waals surface area contributed by atoms with Crippen molar-refractivity contribution in [2.45, 2.75) is 38.3 Å². The zero-order chi connectivity index (χ0) is 18.3. The molecule has 0 radical (unpaired) electrons. The number of hydrogen-bond acceptors (Lipinski definition) is 3. The van der Waals surface area contributed by atoms with Crippen LogP contribution in [0.4, 0.5) is 0 Å². The molecule has 3 aliphatic rings. The van der Waals surface area contributed by atoms with Crippen LogP contribution in [-0.2, 0) is 0 Å². The topological polar surface area (TPSA) is 66.6 Å². The Kier molecular flexibility index (Phi) is 4.41. The molecular formula is C21H25N3O2. The molecule has 0 aromatic heterocycles. The Morgan fingerprint density at radius 2 is 2.04 bits per heavy atom. The van der Waals surface area contributed by atoms with E-state index < -0.39 is 5.91 Å². The van der Waals surface area contributed by atoms with Gasteiger partial charge in [0.2, 0.25) is 5.91 Å². The molecule has 1 aromatic rings. The number of carbonyl (C=O) groups is 2. The molecule has 2 amide bonds. The van der Waals surface area contributed by atoms with Crippen LogP contribution in [0.15, 0.2) is 42.0 Å². The first-order chi connectivity index (χ1) is 12.6. The third-order valence-electron chi connectivity index (χ3n) is 5.90. The standard InChI is InChI=1S/C21H25N3O2/c1-14-17-7-4-8-18(20(22)25)19(17)21(26)24(14)16-9-11-23(12-10-16)13-15-5-2-3-6-15/h2-5,7-8,14,16H,6,9-13H2,1H3,(H2,22,25). The number of piperidine rings is 1. The predicted molar refractivity (Wildman–Crippen MR) is 101 cm³/mol. The van der Waals surface area contributed by atoms with Crippen molar-refractivity contribution in [3.8, 4) is 0 Å². The van der Waals surface area contributed by atoms with E-state index in [4.69, 9.17) is 5.73 Å². The minimum absolute atomic E-state index is 0.00455. The number of fused-ring (bicyclic) bond motifs is 1. The van der Waals surface area contributed by atoms with Crippen molar-refractivity contribution in [3.05, 3.63) is 58.7 Å². The van der Waals surface area contributed by atoms with E-state index in [9.17, 15) is 9.59 Å². The molecule has 1 saturated heterocycles. The molecule has 2 N–H and O–H groups in total. The van der Waals surface area contributed by atoms with E-state index in [1.165, 1.54) is 5.57 Å². The van der Waals surface area contributed by atoms with E-state index >= 15 is 0 Å². The van der Waals surface area contributed by atoms with E-state index in [1.807, 2.05) is 17.0 Å². The molecule has 0 bridgehead atoms. The summed E-state index contributed by atoms with van der Waals surface area (Å²) in [6.07, 6.45) is 9.53. The van der Waals surface area contributed by atoms with Crippen molar-refractivity contribution in [1.29, 1.82) is 0 Å². The smallest absolute Gasteiger partial charge is 0.255 e. The maximum Gasteiger partial charge on any atom is 0.255 e. The zero-order valence-corrected chi connectivity index (χ0v) is 15.1. The highest BCUT2D eigenvalue weighted by atomic mass is 16.2. The van der Waals surface area contributed by atoms with Gasteiger partial charge in [-0.05, 0) is 37.8 Å². The minimum atomic E-state index is -0.530. The van der Waals surface area contributed by atoms with E-state index in [0.29, 0.717) is 11.1 Å². The van der Waals surface area contributed by atoms with Crippen LogP contribution in [0.25, 0.3) is 0 Å². The number of benzene rings is 1. The second kappa shape index (κ2) is 6.72. The summed E-state index contributed by atoms with van der Waals surface area (Å²) < 4.78 is 0. The molecule has 136 valence electrons. The molecule has 1 fully saturated rings. The van der Waals surface area contributed by atoms with Gasteiger partial charge in [-0.25, -0.2) is 0 Å². The number of nitrogens with two attached hydrogens (primary N) is 1. The van der Waals surface area contributed by atoms with Gasteiger partial charge in [0.25, 0.3) is 5.91 Å². The van der Waals surface area contributed by atoms with Crippen molar-refractivity contribution in [2.75, 3.05) is 19.6 Å². The molecule has 5 nitrogen and oxygen atoms in total. The van der Waals surface area contributed by atoms with Crippen molar-refractivity contribution in [3.63, 3.8) is 0 Å². The fourth-order valence-corrected chi connectivity index (χ4v) is 4.55. The van der Waals surface area contributed by atoms with Gasteiger partial charge in [0, 0.05) is 25.7 Å². The summed E-state index contributed by atoms with van der Waals surface area (Å²) >= 11 is 0. The fourth-order valence-electron chi connectivity index (χ4n) is 4.55. The summed E-state index contributed by atoms with van der Waals surface area (Å²) in [7, 11) is 0. The molecule has 1 atom stereocenters. The zero-order valence-electron chi connectivity index (χ0n) is 15.1. The van der Waals surface area contributed by atoms with Crippen LogP contribution in [-0.4, -0.2) is 47.3 Å². The van der Waals surface area contributed by atoms with Gasteiger partial charge in [0.1, 0.15) is 0 Å². The lowest BCUT2D eigenvalue weighted by molar-refractivity contribution is 0.0526. The lowest BCUT2D eigenvalue weighted by Crippen LogP contribution is -2.46. The highest BCUT2D eigenvalue weighted by molar-refractivity contribution is 6.09. The van der Waals surface area contributed by atoms with Gasteiger partial charge in [0.15, 0.2) is 0 Å². The molecule has 2 aliphatic heterocycles. The first kappa shape index (κ1) is 17.0. The Labute approximate surface area is 154 Å². The van der Waals surface area contributed by atoms with Crippen molar-refractivity contribution >= 4 is 11.8 Å². The largest absolute Gasteiger partial charge is 0.366 e. The minimum Gasteiger partial charge on any atom is -0.366 e. The summed E-state index contributed by atoms with van der Waals surface area (Å²) in [6, 6.07) is 5.63. The van der Waals surface area contributed by atoms with Gasteiger partial charge >= 0.3 is 0 Å². The monoisotopic (exact) mass is 351 g/mol. The SMILES string of the molecule is CC1c2cccc(C(N)=O)c2C(=O)N1C1CCN(CC2=CC=CC2)CC1. The number of rotatable bonds is 4. The average Bonchev–Trinajstić information content (AvgIpc) is 3.23. The summed E-state index contributed by atoms with van der Waals surface area (Å²) in [6.45, 7) is 5.07. The molecule has 2 heterocycles. The van der Waals surface area contributed by atoms with Gasteiger partial charge in [-0.2, -0.15) is 0 Å². The van der Waals surface area contributed by atoms with Crippen LogP contribution in [0.3, 0.4) is 0 Å². The number of hydrogen-bond donors (Lipinski definition) is 1. The number of carbonyl (C=O) groups excluding carboxylic acids is 2. The molecule has 0 spiro atoms. The molecule has 1 aliphatic carbocycles. The summed E-state index contributed by atoms with van der Waals surface area (Å²) in [5.74, 6) is -0.569. The fraction of sp³-hybridized carbons (Fsp3) is 0.429. The molecule has 1 aromatic carbocycles. The molecule has 26 heavy (non-hydrogen) atoms. The van der Waals surface area contributed by atoms with E-state index in [1.54, 1.807) is 6.07 Å². The van der Waals surface area contributed by atoms with Crippen LogP contribution in [0.1, 0.15) is 58.5 Å². The number of nitrogens with zero attached hydrogens (tertiary/aromatic N) is 2. The van der Waals surface area contributed by atoms with Crippen molar-refractivity contribution < 1.29 is 9.59 Å². The summed E-state index contributed by atoms with van der Waals surface area (Å²) in [5.41, 5.74) is 8.74. The first-order valence-electron chi connectivity index (χ1n) is 9.38. The molecule has 1 unspecified atom stereocenters. The quantitative estimate of drug-likeness (QED) is 0.907. The van der Waals surface area contributed by atoms with Gasteiger partial charge in [0.05, 0.1) is 17.2 Å². The lowest BCUT2D eigenvalue weighted by atomic mass is 9.99. The highest BCUT2D eigenvalue weighted by Gasteiger charge is 2.41. The Bertz CT molecular complexity index is 803. The highest BCUT2D eigenvalue weighted by Crippen LogP contribution is 2.38. The predicted octanol–water partition coefficient (Wildman–Crippen LogP) is 2.65. The number of allylic oxidation sites excluding steroid dienone is 3. The molecule has 4 rings (SSSR count). The Balaban J connectivity index is 1.47. The van der Waals surface area contributed by atoms with Crippen molar-refractivity contribution in [1.82, 2.24) is 9.80 Å². The summed E-state index contributed by atoms with van der Waals surface area (Å²) in [5, 5.41) is 0. The maximum atomic E-state index is 13.1. The first-order valence-corrected chi connectivity index (χ1v) is 9.38. The normalized spacial score (nSPS) is 23.4. The average molecular weight is 351 g/mol. The maximum absolute atomic E-state index is 13.1. The Morgan fingerprint density at radius 1 is 1.27 bits per heavy atom. The van der Waals surface area contributed by atoms with Gasteiger partial charge < -0.3 is 10.6 Å². The van der Waals surface area contributed by atoms with Gasteiger partial charge in [-0.15, -0.1) is 0 Å². The second-order valence-electron chi connectivity index (χ2n) is 7.49. The van der Waals surface area contributed by atoms with Crippen LogP contribution in [0, 0.1) is 0 Å². The van der Waals surface area contributed by atoms with Gasteiger partial charge in [-0.3, -0.25) is 14.5 Å². The van der Waals surface area contributed by atoms with Crippen LogP contribution >= 0.6 is 0 Å². The second-order valence-corrected chi connectivity index (χ2v) is 7.49. The molecular weight excluding hydrogens is 326 g/mol. The van der Waals surface area contributed by atoms with Crippen molar-refractivity contribution in [2.24, 2.45) is 5.73 Å². The Hall–Kier alpha value is -2.40. The molecule has 5 heteroatoms. The third-order valence-corrected chi connectivity index (χ3v) is 5.90. The van der Waals surface area contributed by atoms with Gasteiger partial charge in [-0.1, -0.05) is 35.9 Å². The summed E-state index contributed by atoms with van der Waals surface area (Å²) in [4.78, 5) is 29.3. The Morgan fingerprint density at radius 3 is 2.69 bits per heavy atom. The molecule has 0 saturated carbocycles. The van der Waals surface area contributed by atoms with E-state index in [-0.39, 0.29) is 18.0 Å². The van der Waals surface area contributed by atoms with E-state index in [0.717, 1.165) is 44.5 Å². The number of amides is 2. The van der Waals surface area contributed by atoms with Crippen LogP contribution < -0.4 is 5.73 Å². The lowest BCUT2D eigenvalue weighted by Gasteiger charge is -2.39. The van der Waals surface area contributed by atoms with E-state index in [2.05, 4.69) is 30.1 Å². The number of primary amides is 1. The number of likely N-dealkylation sites (tertiary alicyclic amines) is 1. The van der Waals surface area contributed by atoms with Crippen LogP contribution in [0.2, 0.25) is 0 Å². The third kappa shape index (κ3) is 2.86. The van der Waals surface area contributed by atoms with Crippen LogP contribution in [0.5, 0.6) is 0 Å².